The summed E-state index contributed by atoms with van der Waals surface area (Å²) in [4.78, 5) is 9.48. The number of hydrogen-bond donors (Lipinski definition) is 0. The van der Waals surface area contributed by atoms with Crippen molar-refractivity contribution in [2.24, 2.45) is 0 Å². The van der Waals surface area contributed by atoms with Gasteiger partial charge >= 0.3 is 0 Å². The van der Waals surface area contributed by atoms with E-state index < -0.39 is 0 Å². The van der Waals surface area contributed by atoms with Gasteiger partial charge in [-0.15, -0.1) is 11.6 Å². The van der Waals surface area contributed by atoms with Gasteiger partial charge in [0.1, 0.15) is 0 Å². The van der Waals surface area contributed by atoms with E-state index >= 15 is 0 Å². The molecule has 3 nitrogen and oxygen atoms in total. The Labute approximate surface area is 57.8 Å². The molecule has 0 aromatic rings. The van der Waals surface area contributed by atoms with Crippen LogP contribution in [0.5, 0.6) is 0 Å². The van der Waals surface area contributed by atoms with Crippen molar-refractivity contribution in [1.82, 2.24) is 0 Å². The summed E-state index contributed by atoms with van der Waals surface area (Å²) < 4.78 is 5.13. The largest absolute Gasteiger partial charge is 0.316 e. The Kier molecular flexibility index (Phi) is 1.38. The fourth-order valence-electron chi connectivity index (χ4n) is 1.00. The van der Waals surface area contributed by atoms with Crippen LogP contribution in [0.1, 0.15) is 12.8 Å². The Morgan fingerprint density at radius 1 is 1.22 bits per heavy atom. The van der Waals surface area contributed by atoms with Crippen molar-refractivity contribution in [1.29, 1.82) is 0 Å². The fourth-order valence-corrected chi connectivity index (χ4v) is 1.23. The third-order valence-electron chi connectivity index (χ3n) is 1.52. The SMILES string of the molecule is ClC1CCC2OOC1O2. The second kappa shape index (κ2) is 2.09. The van der Waals surface area contributed by atoms with Crippen LogP contribution in [0.4, 0.5) is 0 Å². The molecule has 2 heterocycles. The van der Waals surface area contributed by atoms with Gasteiger partial charge in [-0.25, -0.2) is 9.78 Å². The summed E-state index contributed by atoms with van der Waals surface area (Å²) >= 11 is 5.78. The number of fused-ring (bicyclic) bond motifs is 2. The minimum absolute atomic E-state index is 0.0382. The Hall–Kier alpha value is 0.170. The topological polar surface area (TPSA) is 27.7 Å². The van der Waals surface area contributed by atoms with Gasteiger partial charge < -0.3 is 4.74 Å². The van der Waals surface area contributed by atoms with E-state index in [-0.39, 0.29) is 18.0 Å². The molecule has 3 atom stereocenters. The van der Waals surface area contributed by atoms with Gasteiger partial charge in [-0.1, -0.05) is 0 Å². The number of hydrogen-bond acceptors (Lipinski definition) is 3. The van der Waals surface area contributed by atoms with Crippen LogP contribution in [0.15, 0.2) is 0 Å². The second-order valence-electron chi connectivity index (χ2n) is 2.22. The molecule has 2 rings (SSSR count). The van der Waals surface area contributed by atoms with Crippen LogP contribution in [0.2, 0.25) is 0 Å². The number of rotatable bonds is 0. The van der Waals surface area contributed by atoms with Crippen LogP contribution < -0.4 is 0 Å². The maximum atomic E-state index is 5.78. The molecule has 0 saturated carbocycles. The highest BCUT2D eigenvalue weighted by atomic mass is 35.5. The summed E-state index contributed by atoms with van der Waals surface area (Å²) in [6.07, 6.45) is 1.26. The first-order valence-corrected chi connectivity index (χ1v) is 3.41. The van der Waals surface area contributed by atoms with Gasteiger partial charge in [0.25, 0.3) is 0 Å². The maximum absolute atomic E-state index is 5.78. The zero-order valence-electron chi connectivity index (χ0n) is 4.75. The second-order valence-corrected chi connectivity index (χ2v) is 2.78. The molecule has 52 valence electrons. The number of ether oxygens (including phenoxy) is 1. The Morgan fingerprint density at radius 3 is 2.89 bits per heavy atom. The molecule has 0 spiro atoms. The van der Waals surface area contributed by atoms with E-state index in [0.717, 1.165) is 12.8 Å². The highest BCUT2D eigenvalue weighted by Gasteiger charge is 2.38. The van der Waals surface area contributed by atoms with Gasteiger partial charge in [0.2, 0.25) is 6.29 Å². The molecule has 2 bridgehead atoms. The minimum Gasteiger partial charge on any atom is -0.316 e. The lowest BCUT2D eigenvalue weighted by molar-refractivity contribution is -0.289. The van der Waals surface area contributed by atoms with Crippen LogP contribution in [0, 0.1) is 0 Å². The van der Waals surface area contributed by atoms with Crippen molar-refractivity contribution in [3.05, 3.63) is 0 Å². The van der Waals surface area contributed by atoms with E-state index in [1.165, 1.54) is 0 Å². The molecule has 2 fully saturated rings. The van der Waals surface area contributed by atoms with E-state index in [0.29, 0.717) is 0 Å². The summed E-state index contributed by atoms with van der Waals surface area (Å²) in [5.74, 6) is 0. The van der Waals surface area contributed by atoms with Crippen molar-refractivity contribution in [2.45, 2.75) is 30.8 Å². The van der Waals surface area contributed by atoms with Gasteiger partial charge in [0.15, 0.2) is 6.29 Å². The average molecular weight is 151 g/mol. The van der Waals surface area contributed by atoms with Crippen molar-refractivity contribution in [3.63, 3.8) is 0 Å². The molecule has 0 aromatic carbocycles. The lowest BCUT2D eigenvalue weighted by Crippen LogP contribution is -2.28. The van der Waals surface area contributed by atoms with Gasteiger partial charge in [0, 0.05) is 6.42 Å². The Bertz CT molecular complexity index is 119. The molecular weight excluding hydrogens is 144 g/mol. The molecular formula is C5H7ClO3. The molecule has 0 aliphatic carbocycles. The molecule has 2 aliphatic heterocycles. The molecule has 2 aliphatic rings. The van der Waals surface area contributed by atoms with Crippen molar-refractivity contribution >= 4 is 11.6 Å². The summed E-state index contributed by atoms with van der Waals surface area (Å²) in [6, 6.07) is 0. The predicted molar refractivity (Wildman–Crippen MR) is 29.7 cm³/mol. The van der Waals surface area contributed by atoms with Gasteiger partial charge in [-0.3, -0.25) is 0 Å². The normalized spacial score (nSPS) is 49.7. The van der Waals surface area contributed by atoms with Crippen LogP contribution >= 0.6 is 11.6 Å². The Morgan fingerprint density at radius 2 is 2.11 bits per heavy atom. The summed E-state index contributed by atoms with van der Waals surface area (Å²) in [5.41, 5.74) is 0. The molecule has 9 heavy (non-hydrogen) atoms. The number of halogens is 1. The van der Waals surface area contributed by atoms with Crippen molar-refractivity contribution in [2.75, 3.05) is 0 Å². The van der Waals surface area contributed by atoms with Crippen LogP contribution in [0.25, 0.3) is 0 Å². The van der Waals surface area contributed by atoms with E-state index in [9.17, 15) is 0 Å². The standard InChI is InChI=1S/C5H7ClO3/c6-3-1-2-4-7-5(3)9-8-4/h3-5H,1-2H2. The highest BCUT2D eigenvalue weighted by Crippen LogP contribution is 2.30. The molecule has 2 saturated heterocycles. The first-order chi connectivity index (χ1) is 4.36. The van der Waals surface area contributed by atoms with E-state index in [4.69, 9.17) is 26.1 Å². The molecule has 0 aromatic heterocycles. The highest BCUT2D eigenvalue weighted by molar-refractivity contribution is 6.20. The first-order valence-electron chi connectivity index (χ1n) is 2.98. The molecule has 4 heteroatoms. The lowest BCUT2D eigenvalue weighted by Gasteiger charge is -2.18. The third-order valence-corrected chi connectivity index (χ3v) is 1.94. The zero-order valence-corrected chi connectivity index (χ0v) is 5.50. The quantitative estimate of drug-likeness (QED) is 0.381. The predicted octanol–water partition coefficient (Wildman–Crippen LogP) is 1.02. The smallest absolute Gasteiger partial charge is 0.210 e. The van der Waals surface area contributed by atoms with E-state index in [2.05, 4.69) is 0 Å². The van der Waals surface area contributed by atoms with Crippen LogP contribution in [-0.4, -0.2) is 18.0 Å². The summed E-state index contributed by atoms with van der Waals surface area (Å²) in [6.45, 7) is 0. The van der Waals surface area contributed by atoms with Crippen LogP contribution in [0.3, 0.4) is 0 Å². The van der Waals surface area contributed by atoms with Gasteiger partial charge in [-0.05, 0) is 6.42 Å². The average Bonchev–Trinajstić information content (AvgIpc) is 2.25. The Balaban J connectivity index is 2.05. The lowest BCUT2D eigenvalue weighted by atomic mass is 10.2. The molecule has 0 amide bonds. The summed E-state index contributed by atoms with van der Waals surface area (Å²) in [5, 5.41) is -0.0382. The van der Waals surface area contributed by atoms with Crippen molar-refractivity contribution in [3.8, 4) is 0 Å². The maximum Gasteiger partial charge on any atom is 0.210 e. The molecule has 0 radical (unpaired) electrons. The third kappa shape index (κ3) is 0.942. The monoisotopic (exact) mass is 150 g/mol. The van der Waals surface area contributed by atoms with E-state index in [1.54, 1.807) is 0 Å². The molecule has 3 unspecified atom stereocenters. The van der Waals surface area contributed by atoms with Gasteiger partial charge in [-0.2, -0.15) is 0 Å². The summed E-state index contributed by atoms with van der Waals surface area (Å²) in [7, 11) is 0. The van der Waals surface area contributed by atoms with Gasteiger partial charge in [0.05, 0.1) is 5.38 Å². The van der Waals surface area contributed by atoms with Crippen LogP contribution in [-0.2, 0) is 14.5 Å². The van der Waals surface area contributed by atoms with E-state index in [1.807, 2.05) is 0 Å². The zero-order chi connectivity index (χ0) is 6.27. The van der Waals surface area contributed by atoms with Crippen molar-refractivity contribution < 1.29 is 14.5 Å². The fraction of sp³-hybridized carbons (Fsp3) is 1.00. The minimum atomic E-state index is -0.328. The number of alkyl halides is 1. The molecule has 0 N–H and O–H groups in total. The first kappa shape index (κ1) is 5.92.